The Hall–Kier alpha value is -1.66. The van der Waals surface area contributed by atoms with Crippen LogP contribution in [0.2, 0.25) is 0 Å². The number of unbranched alkanes of at least 4 members (excludes halogenated alkanes) is 2. The van der Waals surface area contributed by atoms with Crippen molar-refractivity contribution in [2.75, 3.05) is 32.2 Å². The van der Waals surface area contributed by atoms with Crippen molar-refractivity contribution in [2.24, 2.45) is 0 Å². The summed E-state index contributed by atoms with van der Waals surface area (Å²) in [5.41, 5.74) is 0.660. The molecule has 0 bridgehead atoms. The Balaban J connectivity index is 2.65. The van der Waals surface area contributed by atoms with Crippen LogP contribution in [0, 0.1) is 6.92 Å². The average Bonchev–Trinajstić information content (AvgIpc) is 2.60. The third-order valence-corrected chi connectivity index (χ3v) is 4.15. The van der Waals surface area contributed by atoms with Crippen molar-refractivity contribution in [3.8, 4) is 5.88 Å². The fraction of sp³-hybridized carbons (Fsp3) is 0.684. The molecule has 142 valence electrons. The molecule has 0 aliphatic rings. The van der Waals surface area contributed by atoms with E-state index in [9.17, 15) is 4.79 Å². The van der Waals surface area contributed by atoms with Crippen molar-refractivity contribution in [1.29, 1.82) is 0 Å². The highest BCUT2D eigenvalue weighted by molar-refractivity contribution is 5.97. The van der Waals surface area contributed by atoms with Crippen LogP contribution in [0.15, 0.2) is 12.3 Å². The summed E-state index contributed by atoms with van der Waals surface area (Å²) < 4.78 is 16.3. The van der Waals surface area contributed by atoms with Gasteiger partial charge in [0.1, 0.15) is 12.2 Å². The summed E-state index contributed by atoms with van der Waals surface area (Å²) in [4.78, 5) is 16.9. The number of nitrogens with one attached hydrogen (secondary N) is 1. The van der Waals surface area contributed by atoms with E-state index in [0.717, 1.165) is 24.8 Å². The Bertz CT molecular complexity index is 536. The van der Waals surface area contributed by atoms with Crippen LogP contribution in [-0.2, 0) is 14.3 Å². The number of anilines is 1. The highest BCUT2D eigenvalue weighted by Crippen LogP contribution is 2.23. The molecule has 0 aliphatic heterocycles. The fourth-order valence-electron chi connectivity index (χ4n) is 2.41. The molecule has 1 atom stereocenters. The van der Waals surface area contributed by atoms with Gasteiger partial charge in [0.2, 0.25) is 5.88 Å². The quantitative estimate of drug-likeness (QED) is 0.581. The average molecular weight is 352 g/mol. The number of nitrogens with zero attached hydrogens (tertiary/aromatic N) is 1. The number of rotatable bonds is 12. The van der Waals surface area contributed by atoms with Gasteiger partial charge in [-0.15, -0.1) is 0 Å². The third kappa shape index (κ3) is 7.00. The minimum atomic E-state index is -0.838. The summed E-state index contributed by atoms with van der Waals surface area (Å²) >= 11 is 0. The largest absolute Gasteiger partial charge is 0.475 e. The number of aromatic nitrogens is 1. The Morgan fingerprint density at radius 1 is 1.28 bits per heavy atom. The maximum Gasteiger partial charge on any atom is 0.256 e. The molecular formula is C19H32N2O4. The molecule has 1 heterocycles. The first-order valence-electron chi connectivity index (χ1n) is 9.00. The molecule has 0 saturated heterocycles. The number of pyridine rings is 1. The lowest BCUT2D eigenvalue weighted by Gasteiger charge is -2.27. The van der Waals surface area contributed by atoms with Crippen LogP contribution >= 0.6 is 0 Å². The summed E-state index contributed by atoms with van der Waals surface area (Å²) in [6, 6.07) is 1.85. The molecule has 6 heteroatoms. The molecule has 0 unspecified atom stereocenters. The van der Waals surface area contributed by atoms with E-state index in [1.54, 1.807) is 13.3 Å². The Labute approximate surface area is 151 Å². The zero-order valence-electron chi connectivity index (χ0n) is 16.2. The lowest BCUT2D eigenvalue weighted by atomic mass is 9.97. The number of aryl methyl sites for hydroxylation is 1. The molecule has 25 heavy (non-hydrogen) atoms. The van der Waals surface area contributed by atoms with Gasteiger partial charge in [-0.3, -0.25) is 4.79 Å². The second kappa shape index (κ2) is 11.1. The predicted octanol–water partition coefficient (Wildman–Crippen LogP) is 3.73. The summed E-state index contributed by atoms with van der Waals surface area (Å²) in [6.45, 7) is 9.44. The van der Waals surface area contributed by atoms with E-state index >= 15 is 0 Å². The molecule has 0 saturated carbocycles. The molecular weight excluding hydrogens is 320 g/mol. The first-order valence-corrected chi connectivity index (χ1v) is 9.00. The van der Waals surface area contributed by atoms with Gasteiger partial charge in [0, 0.05) is 19.3 Å². The molecule has 0 aromatic carbocycles. The van der Waals surface area contributed by atoms with Gasteiger partial charge in [-0.05, 0) is 33.3 Å². The van der Waals surface area contributed by atoms with E-state index in [0.29, 0.717) is 37.8 Å². The van der Waals surface area contributed by atoms with E-state index in [4.69, 9.17) is 14.2 Å². The van der Waals surface area contributed by atoms with Crippen molar-refractivity contribution >= 4 is 11.6 Å². The third-order valence-electron chi connectivity index (χ3n) is 4.15. The zero-order valence-corrected chi connectivity index (χ0v) is 16.2. The van der Waals surface area contributed by atoms with Crippen LogP contribution in [0.5, 0.6) is 5.88 Å². The smallest absolute Gasteiger partial charge is 0.256 e. The van der Waals surface area contributed by atoms with Gasteiger partial charge in [0.15, 0.2) is 0 Å². The van der Waals surface area contributed by atoms with Gasteiger partial charge in [0.05, 0.1) is 18.5 Å². The fourth-order valence-corrected chi connectivity index (χ4v) is 2.41. The number of ether oxygens (including phenoxy) is 3. The molecule has 1 amide bonds. The van der Waals surface area contributed by atoms with Crippen molar-refractivity contribution in [1.82, 2.24) is 4.98 Å². The van der Waals surface area contributed by atoms with Crippen LogP contribution in [0.1, 0.15) is 52.0 Å². The van der Waals surface area contributed by atoms with Gasteiger partial charge >= 0.3 is 0 Å². The van der Waals surface area contributed by atoms with Gasteiger partial charge in [-0.25, -0.2) is 4.98 Å². The van der Waals surface area contributed by atoms with Crippen LogP contribution in [-0.4, -0.2) is 43.4 Å². The number of methoxy groups -OCH3 is 1. The van der Waals surface area contributed by atoms with Crippen molar-refractivity contribution < 1.29 is 19.0 Å². The maximum atomic E-state index is 12.6. The topological polar surface area (TPSA) is 69.7 Å². The summed E-state index contributed by atoms with van der Waals surface area (Å²) in [5.74, 6) is 0.396. The second-order valence-corrected chi connectivity index (χ2v) is 6.24. The lowest BCUT2D eigenvalue weighted by molar-refractivity contribution is -0.136. The predicted molar refractivity (Wildman–Crippen MR) is 99.1 cm³/mol. The normalized spacial score (nSPS) is 13.3. The molecule has 1 N–H and O–H groups in total. The molecule has 0 fully saturated rings. The standard InChI is InChI=1S/C19H32N2O4/c1-6-8-9-10-19(4,23-5)18(22)21-16-13-15(3)17(20-14-16)25-12-11-24-7-2/h13-14H,6-12H2,1-5H3,(H,21,22)/t19-/m1/s1. The van der Waals surface area contributed by atoms with Crippen LogP contribution in [0.3, 0.4) is 0 Å². The zero-order chi connectivity index (χ0) is 18.7. The summed E-state index contributed by atoms with van der Waals surface area (Å²) in [5, 5.41) is 2.90. The molecule has 0 spiro atoms. The number of amides is 1. The van der Waals surface area contributed by atoms with Crippen molar-refractivity contribution in [2.45, 2.75) is 59.0 Å². The van der Waals surface area contributed by atoms with Gasteiger partial charge in [-0.1, -0.05) is 26.2 Å². The maximum absolute atomic E-state index is 12.6. The van der Waals surface area contributed by atoms with E-state index in [-0.39, 0.29) is 5.91 Å². The molecule has 1 rings (SSSR count). The minimum absolute atomic E-state index is 0.155. The minimum Gasteiger partial charge on any atom is -0.475 e. The van der Waals surface area contributed by atoms with Crippen molar-refractivity contribution in [3.05, 3.63) is 17.8 Å². The number of carbonyl (C=O) groups excluding carboxylic acids is 1. The second-order valence-electron chi connectivity index (χ2n) is 6.24. The Morgan fingerprint density at radius 3 is 2.64 bits per heavy atom. The molecule has 1 aromatic heterocycles. The van der Waals surface area contributed by atoms with Crippen molar-refractivity contribution in [3.63, 3.8) is 0 Å². The Morgan fingerprint density at radius 2 is 2.04 bits per heavy atom. The highest BCUT2D eigenvalue weighted by Gasteiger charge is 2.32. The monoisotopic (exact) mass is 352 g/mol. The molecule has 1 aromatic rings. The number of hydrogen-bond acceptors (Lipinski definition) is 5. The van der Waals surface area contributed by atoms with Gasteiger partial charge < -0.3 is 19.5 Å². The molecule has 0 aliphatic carbocycles. The van der Waals surface area contributed by atoms with E-state index in [2.05, 4.69) is 17.2 Å². The van der Waals surface area contributed by atoms with Gasteiger partial charge in [0.25, 0.3) is 5.91 Å². The molecule has 6 nitrogen and oxygen atoms in total. The number of hydrogen-bond donors (Lipinski definition) is 1. The van der Waals surface area contributed by atoms with Gasteiger partial charge in [-0.2, -0.15) is 0 Å². The van der Waals surface area contributed by atoms with Crippen LogP contribution < -0.4 is 10.1 Å². The highest BCUT2D eigenvalue weighted by atomic mass is 16.5. The SMILES string of the molecule is CCCCC[C@@](C)(OC)C(=O)Nc1cnc(OCCOCC)c(C)c1. The van der Waals surface area contributed by atoms with E-state index in [1.807, 2.05) is 26.8 Å². The Kier molecular flexibility index (Phi) is 9.45. The van der Waals surface area contributed by atoms with Crippen LogP contribution in [0.25, 0.3) is 0 Å². The number of carbonyl (C=O) groups is 1. The molecule has 0 radical (unpaired) electrons. The first-order chi connectivity index (χ1) is 12.0. The van der Waals surface area contributed by atoms with Crippen LogP contribution in [0.4, 0.5) is 5.69 Å². The lowest BCUT2D eigenvalue weighted by Crippen LogP contribution is -2.42. The van der Waals surface area contributed by atoms with E-state index < -0.39 is 5.60 Å². The van der Waals surface area contributed by atoms with E-state index in [1.165, 1.54) is 0 Å². The summed E-state index contributed by atoms with van der Waals surface area (Å²) in [7, 11) is 1.57. The first kappa shape index (κ1) is 21.4. The summed E-state index contributed by atoms with van der Waals surface area (Å²) in [6.07, 6.45) is 5.44.